The Bertz CT molecular complexity index is 390. The highest BCUT2D eigenvalue weighted by Crippen LogP contribution is 2.44. The minimum absolute atomic E-state index is 0.00230. The summed E-state index contributed by atoms with van der Waals surface area (Å²) in [6.45, 7) is 5.44. The van der Waals surface area contributed by atoms with E-state index in [1.54, 1.807) is 0 Å². The van der Waals surface area contributed by atoms with Gasteiger partial charge in [0.15, 0.2) is 0 Å². The summed E-state index contributed by atoms with van der Waals surface area (Å²) >= 11 is 0. The molecule has 0 heterocycles. The molecule has 1 aromatic rings. The molecule has 22 heavy (non-hydrogen) atoms. The van der Waals surface area contributed by atoms with Crippen molar-refractivity contribution in [2.75, 3.05) is 6.61 Å². The summed E-state index contributed by atoms with van der Waals surface area (Å²) in [4.78, 5) is 0. The van der Waals surface area contributed by atoms with Crippen LogP contribution in [0.2, 0.25) is 0 Å². The van der Waals surface area contributed by atoms with E-state index in [-0.39, 0.29) is 5.60 Å². The molecule has 0 saturated heterocycles. The Kier molecular flexibility index (Phi) is 7.45. The van der Waals surface area contributed by atoms with Gasteiger partial charge < -0.3 is 4.74 Å². The molecule has 1 aliphatic carbocycles. The monoisotopic (exact) mass is 302 g/mol. The predicted molar refractivity (Wildman–Crippen MR) is 95.1 cm³/mol. The molecule has 0 radical (unpaired) electrons. The summed E-state index contributed by atoms with van der Waals surface area (Å²) in [5.74, 6) is 0.929. The highest BCUT2D eigenvalue weighted by atomic mass is 16.5. The lowest BCUT2D eigenvalue weighted by molar-refractivity contribution is -0.0856. The van der Waals surface area contributed by atoms with Gasteiger partial charge in [-0.2, -0.15) is 0 Å². The lowest BCUT2D eigenvalue weighted by Gasteiger charge is -2.41. The maximum atomic E-state index is 6.47. The van der Waals surface area contributed by atoms with Crippen molar-refractivity contribution in [1.82, 2.24) is 0 Å². The summed E-state index contributed by atoms with van der Waals surface area (Å²) in [7, 11) is 0. The summed E-state index contributed by atoms with van der Waals surface area (Å²) in [6, 6.07) is 11.0. The van der Waals surface area contributed by atoms with Gasteiger partial charge in [0.2, 0.25) is 0 Å². The number of hydrogen-bond acceptors (Lipinski definition) is 1. The van der Waals surface area contributed by atoms with Crippen LogP contribution in [0.15, 0.2) is 30.3 Å². The average Bonchev–Trinajstić information content (AvgIpc) is 2.58. The second kappa shape index (κ2) is 9.35. The van der Waals surface area contributed by atoms with E-state index < -0.39 is 0 Å². The van der Waals surface area contributed by atoms with Crippen LogP contribution in [0, 0.1) is 5.92 Å². The minimum Gasteiger partial charge on any atom is -0.370 e. The maximum absolute atomic E-state index is 6.47. The van der Waals surface area contributed by atoms with Crippen molar-refractivity contribution >= 4 is 0 Å². The van der Waals surface area contributed by atoms with Crippen molar-refractivity contribution in [1.29, 1.82) is 0 Å². The molecule has 0 bridgehead atoms. The smallest absolute Gasteiger partial charge is 0.0931 e. The van der Waals surface area contributed by atoms with Crippen LogP contribution in [0.4, 0.5) is 0 Å². The first-order chi connectivity index (χ1) is 10.8. The molecule has 0 amide bonds. The number of hydrogen-bond donors (Lipinski definition) is 0. The molecule has 0 N–H and O–H groups in total. The van der Waals surface area contributed by atoms with Gasteiger partial charge in [0.1, 0.15) is 0 Å². The zero-order chi connectivity index (χ0) is 15.7. The zero-order valence-corrected chi connectivity index (χ0v) is 14.7. The average molecular weight is 303 g/mol. The van der Waals surface area contributed by atoms with E-state index in [1.165, 1.54) is 69.8 Å². The molecular weight excluding hydrogens is 268 g/mol. The number of rotatable bonds is 9. The van der Waals surface area contributed by atoms with Gasteiger partial charge in [-0.05, 0) is 43.6 Å². The highest BCUT2D eigenvalue weighted by molar-refractivity contribution is 5.23. The third kappa shape index (κ3) is 4.84. The first kappa shape index (κ1) is 17.5. The lowest BCUT2D eigenvalue weighted by atomic mass is 9.73. The van der Waals surface area contributed by atoms with E-state index in [4.69, 9.17) is 4.74 Å². The molecule has 2 rings (SSSR count). The van der Waals surface area contributed by atoms with Gasteiger partial charge in [0.25, 0.3) is 0 Å². The Morgan fingerprint density at radius 2 is 1.64 bits per heavy atom. The van der Waals surface area contributed by atoms with E-state index in [9.17, 15) is 0 Å². The lowest BCUT2D eigenvalue weighted by Crippen LogP contribution is -2.35. The Hall–Kier alpha value is -0.820. The first-order valence-electron chi connectivity index (χ1n) is 9.50. The largest absolute Gasteiger partial charge is 0.370 e. The predicted octanol–water partition coefficient (Wildman–Crippen LogP) is 6.47. The molecule has 0 atom stereocenters. The molecule has 1 fully saturated rings. The van der Waals surface area contributed by atoms with Gasteiger partial charge in [-0.15, -0.1) is 0 Å². The van der Waals surface area contributed by atoms with Crippen LogP contribution in [-0.4, -0.2) is 6.61 Å². The molecule has 1 saturated carbocycles. The minimum atomic E-state index is -0.00230. The van der Waals surface area contributed by atoms with Crippen LogP contribution >= 0.6 is 0 Å². The van der Waals surface area contributed by atoms with E-state index in [1.807, 2.05) is 0 Å². The molecule has 1 aromatic carbocycles. The number of unbranched alkanes of at least 4 members (excludes halogenated alkanes) is 3. The van der Waals surface area contributed by atoms with Crippen molar-refractivity contribution in [3.05, 3.63) is 35.9 Å². The van der Waals surface area contributed by atoms with E-state index in [2.05, 4.69) is 44.2 Å². The van der Waals surface area contributed by atoms with Gasteiger partial charge in [0.05, 0.1) is 5.60 Å². The molecule has 1 nitrogen and oxygen atoms in total. The van der Waals surface area contributed by atoms with Crippen LogP contribution in [0.3, 0.4) is 0 Å². The Morgan fingerprint density at radius 3 is 2.27 bits per heavy atom. The first-order valence-corrected chi connectivity index (χ1v) is 9.50. The number of ether oxygens (including phenoxy) is 1. The van der Waals surface area contributed by atoms with E-state index in [0.29, 0.717) is 0 Å². The fourth-order valence-electron chi connectivity index (χ4n) is 3.79. The molecular formula is C21H34O. The Labute approximate surface area is 137 Å². The molecule has 0 spiro atoms. The second-order valence-corrected chi connectivity index (χ2v) is 7.00. The molecule has 1 heteroatoms. The molecule has 124 valence electrons. The fourth-order valence-corrected chi connectivity index (χ4v) is 3.79. The Balaban J connectivity index is 1.96. The molecule has 0 aromatic heterocycles. The maximum Gasteiger partial charge on any atom is 0.0931 e. The zero-order valence-electron chi connectivity index (χ0n) is 14.7. The topological polar surface area (TPSA) is 9.23 Å². The second-order valence-electron chi connectivity index (χ2n) is 7.00. The third-order valence-electron chi connectivity index (χ3n) is 5.30. The SMILES string of the molecule is CCCCCC1CCC(OCCCC)(c2ccccc2)CC1. The fraction of sp³-hybridized carbons (Fsp3) is 0.714. The van der Waals surface area contributed by atoms with Crippen LogP contribution in [-0.2, 0) is 10.3 Å². The summed E-state index contributed by atoms with van der Waals surface area (Å²) in [5.41, 5.74) is 1.40. The summed E-state index contributed by atoms with van der Waals surface area (Å²) < 4.78 is 6.47. The van der Waals surface area contributed by atoms with Gasteiger partial charge in [0, 0.05) is 6.61 Å². The van der Waals surface area contributed by atoms with E-state index in [0.717, 1.165) is 12.5 Å². The van der Waals surface area contributed by atoms with Crippen LogP contribution < -0.4 is 0 Å². The summed E-state index contributed by atoms with van der Waals surface area (Å²) in [6.07, 6.45) is 13.0. The molecule has 1 aliphatic rings. The molecule has 0 aliphatic heterocycles. The third-order valence-corrected chi connectivity index (χ3v) is 5.30. The van der Waals surface area contributed by atoms with Gasteiger partial charge in [-0.1, -0.05) is 76.3 Å². The normalized spacial score (nSPS) is 25.3. The van der Waals surface area contributed by atoms with Crippen molar-refractivity contribution in [3.8, 4) is 0 Å². The van der Waals surface area contributed by atoms with Crippen LogP contribution in [0.25, 0.3) is 0 Å². The van der Waals surface area contributed by atoms with Crippen molar-refractivity contribution in [2.45, 2.75) is 83.7 Å². The van der Waals surface area contributed by atoms with Crippen molar-refractivity contribution in [3.63, 3.8) is 0 Å². The van der Waals surface area contributed by atoms with Gasteiger partial charge in [-0.3, -0.25) is 0 Å². The van der Waals surface area contributed by atoms with Crippen LogP contribution in [0.5, 0.6) is 0 Å². The standard InChI is InChI=1S/C21H34O/c1-3-5-8-11-19-14-16-21(17-15-19,22-18-6-4-2)20-12-9-7-10-13-20/h7,9-10,12-13,19H,3-6,8,11,14-18H2,1-2H3. The van der Waals surface area contributed by atoms with Gasteiger partial charge in [-0.25, -0.2) is 0 Å². The van der Waals surface area contributed by atoms with E-state index >= 15 is 0 Å². The van der Waals surface area contributed by atoms with Crippen LogP contribution in [0.1, 0.15) is 83.6 Å². The number of benzene rings is 1. The van der Waals surface area contributed by atoms with Gasteiger partial charge >= 0.3 is 0 Å². The highest BCUT2D eigenvalue weighted by Gasteiger charge is 2.37. The van der Waals surface area contributed by atoms with Crippen molar-refractivity contribution < 1.29 is 4.74 Å². The quantitative estimate of drug-likeness (QED) is 0.475. The Morgan fingerprint density at radius 1 is 0.955 bits per heavy atom. The summed E-state index contributed by atoms with van der Waals surface area (Å²) in [5, 5.41) is 0. The molecule has 0 unspecified atom stereocenters. The van der Waals surface area contributed by atoms with Crippen molar-refractivity contribution in [2.24, 2.45) is 5.92 Å².